The Hall–Kier alpha value is -0.160. The van der Waals surface area contributed by atoms with Crippen LogP contribution in [0.15, 0.2) is 11.7 Å². The summed E-state index contributed by atoms with van der Waals surface area (Å²) in [7, 11) is 0. The van der Waals surface area contributed by atoms with E-state index in [1.54, 1.807) is 11.3 Å². The van der Waals surface area contributed by atoms with Crippen LogP contribution in [0.2, 0.25) is 0 Å². The SMILES string of the molecule is Cl.NC1CCCCC1NCc1cncs1. The largest absolute Gasteiger partial charge is 0.326 e. The molecule has 0 amide bonds. The van der Waals surface area contributed by atoms with Gasteiger partial charge in [0.2, 0.25) is 0 Å². The van der Waals surface area contributed by atoms with Gasteiger partial charge in [-0.3, -0.25) is 4.98 Å². The topological polar surface area (TPSA) is 50.9 Å². The van der Waals surface area contributed by atoms with Gasteiger partial charge in [0.15, 0.2) is 0 Å². The highest BCUT2D eigenvalue weighted by Gasteiger charge is 2.20. The summed E-state index contributed by atoms with van der Waals surface area (Å²) in [5, 5.41) is 3.52. The normalized spacial score (nSPS) is 25.9. The van der Waals surface area contributed by atoms with Gasteiger partial charge in [-0.25, -0.2) is 0 Å². The van der Waals surface area contributed by atoms with Crippen molar-refractivity contribution in [3.63, 3.8) is 0 Å². The van der Waals surface area contributed by atoms with E-state index >= 15 is 0 Å². The molecule has 1 heterocycles. The highest BCUT2D eigenvalue weighted by Crippen LogP contribution is 2.17. The average Bonchev–Trinajstić information content (AvgIpc) is 2.69. The molecule has 1 aliphatic rings. The van der Waals surface area contributed by atoms with Crippen molar-refractivity contribution in [1.82, 2.24) is 10.3 Å². The van der Waals surface area contributed by atoms with Gasteiger partial charge in [0.1, 0.15) is 0 Å². The predicted molar refractivity (Wildman–Crippen MR) is 66.4 cm³/mol. The Bertz CT molecular complexity index is 266. The lowest BCUT2D eigenvalue weighted by Gasteiger charge is -2.29. The minimum absolute atomic E-state index is 0. The third kappa shape index (κ3) is 3.72. The van der Waals surface area contributed by atoms with E-state index in [1.165, 1.54) is 30.6 Å². The van der Waals surface area contributed by atoms with Crippen LogP contribution in [0, 0.1) is 0 Å². The van der Waals surface area contributed by atoms with Crippen molar-refractivity contribution in [3.05, 3.63) is 16.6 Å². The predicted octanol–water partition coefficient (Wildman–Crippen LogP) is 1.92. The third-order valence-corrected chi connectivity index (χ3v) is 3.62. The molecule has 1 aromatic heterocycles. The molecule has 2 unspecified atom stereocenters. The van der Waals surface area contributed by atoms with Gasteiger partial charge < -0.3 is 11.1 Å². The molecule has 0 radical (unpaired) electrons. The molecule has 0 spiro atoms. The molecule has 15 heavy (non-hydrogen) atoms. The van der Waals surface area contributed by atoms with Crippen LogP contribution in [-0.4, -0.2) is 17.1 Å². The lowest BCUT2D eigenvalue weighted by atomic mass is 9.91. The number of halogens is 1. The summed E-state index contributed by atoms with van der Waals surface area (Å²) < 4.78 is 0. The molecule has 1 fully saturated rings. The summed E-state index contributed by atoms with van der Waals surface area (Å²) in [4.78, 5) is 5.35. The standard InChI is InChI=1S/C10H17N3S.ClH/c11-9-3-1-2-4-10(9)13-6-8-5-12-7-14-8;/h5,7,9-10,13H,1-4,6,11H2;1H. The van der Waals surface area contributed by atoms with Crippen LogP contribution in [0.3, 0.4) is 0 Å². The molecule has 0 aromatic carbocycles. The van der Waals surface area contributed by atoms with E-state index in [1.807, 2.05) is 11.7 Å². The quantitative estimate of drug-likeness (QED) is 0.858. The lowest BCUT2D eigenvalue weighted by molar-refractivity contribution is 0.327. The molecular weight excluding hydrogens is 230 g/mol. The van der Waals surface area contributed by atoms with Crippen molar-refractivity contribution >= 4 is 23.7 Å². The maximum absolute atomic E-state index is 6.04. The van der Waals surface area contributed by atoms with Crippen molar-refractivity contribution in [3.8, 4) is 0 Å². The number of nitrogens with one attached hydrogen (secondary N) is 1. The second kappa shape index (κ2) is 6.43. The molecule has 0 bridgehead atoms. The third-order valence-electron chi connectivity index (χ3n) is 2.84. The molecule has 1 saturated carbocycles. The summed E-state index contributed by atoms with van der Waals surface area (Å²) in [6.45, 7) is 0.920. The average molecular weight is 248 g/mol. The van der Waals surface area contributed by atoms with E-state index in [4.69, 9.17) is 5.73 Å². The number of hydrogen-bond acceptors (Lipinski definition) is 4. The molecule has 5 heteroatoms. The highest BCUT2D eigenvalue weighted by molar-refractivity contribution is 7.09. The summed E-state index contributed by atoms with van der Waals surface area (Å²) in [6, 6.07) is 0.850. The second-order valence-electron chi connectivity index (χ2n) is 3.90. The Morgan fingerprint density at radius 1 is 1.47 bits per heavy atom. The maximum atomic E-state index is 6.04. The van der Waals surface area contributed by atoms with Gasteiger partial charge in [-0.2, -0.15) is 0 Å². The monoisotopic (exact) mass is 247 g/mol. The summed E-state index contributed by atoms with van der Waals surface area (Å²) in [6.07, 6.45) is 6.92. The smallest absolute Gasteiger partial charge is 0.0794 e. The van der Waals surface area contributed by atoms with Crippen LogP contribution in [0.1, 0.15) is 30.6 Å². The van der Waals surface area contributed by atoms with E-state index < -0.39 is 0 Å². The summed E-state index contributed by atoms with van der Waals surface area (Å²) >= 11 is 1.70. The van der Waals surface area contributed by atoms with Gasteiger partial charge >= 0.3 is 0 Å². The number of rotatable bonds is 3. The first-order valence-electron chi connectivity index (χ1n) is 5.22. The van der Waals surface area contributed by atoms with Gasteiger partial charge in [-0.15, -0.1) is 23.7 Å². The highest BCUT2D eigenvalue weighted by atomic mass is 35.5. The van der Waals surface area contributed by atoms with E-state index in [-0.39, 0.29) is 12.4 Å². The Morgan fingerprint density at radius 3 is 2.93 bits per heavy atom. The van der Waals surface area contributed by atoms with Gasteiger partial charge in [-0.1, -0.05) is 12.8 Å². The van der Waals surface area contributed by atoms with E-state index in [0.29, 0.717) is 12.1 Å². The number of thiazole rings is 1. The molecule has 0 saturated heterocycles. The molecule has 2 atom stereocenters. The Morgan fingerprint density at radius 2 is 2.27 bits per heavy atom. The molecule has 1 aliphatic carbocycles. The van der Waals surface area contributed by atoms with Crippen LogP contribution in [0.5, 0.6) is 0 Å². The zero-order chi connectivity index (χ0) is 9.80. The van der Waals surface area contributed by atoms with Crippen molar-refractivity contribution in [1.29, 1.82) is 0 Å². The summed E-state index contributed by atoms with van der Waals surface area (Å²) in [5.41, 5.74) is 7.92. The number of nitrogens with two attached hydrogens (primary N) is 1. The van der Waals surface area contributed by atoms with Gasteiger partial charge in [-0.05, 0) is 12.8 Å². The molecule has 0 aliphatic heterocycles. The Balaban J connectivity index is 0.00000112. The van der Waals surface area contributed by atoms with Gasteiger partial charge in [0.25, 0.3) is 0 Å². The number of hydrogen-bond donors (Lipinski definition) is 2. The van der Waals surface area contributed by atoms with Gasteiger partial charge in [0.05, 0.1) is 5.51 Å². The fourth-order valence-corrected chi connectivity index (χ4v) is 2.52. The van der Waals surface area contributed by atoms with Crippen LogP contribution in [0.25, 0.3) is 0 Å². The first-order chi connectivity index (χ1) is 6.86. The fourth-order valence-electron chi connectivity index (χ4n) is 1.97. The van der Waals surface area contributed by atoms with Crippen molar-refractivity contribution in [2.75, 3.05) is 0 Å². The zero-order valence-corrected chi connectivity index (χ0v) is 10.3. The van der Waals surface area contributed by atoms with Crippen LogP contribution >= 0.6 is 23.7 Å². The van der Waals surface area contributed by atoms with Crippen molar-refractivity contribution in [2.24, 2.45) is 5.73 Å². The maximum Gasteiger partial charge on any atom is 0.0794 e. The van der Waals surface area contributed by atoms with Crippen molar-refractivity contribution in [2.45, 2.75) is 44.3 Å². The molecule has 3 N–H and O–H groups in total. The molecule has 2 rings (SSSR count). The van der Waals surface area contributed by atoms with E-state index in [0.717, 1.165) is 6.54 Å². The summed E-state index contributed by atoms with van der Waals surface area (Å²) in [5.74, 6) is 0. The van der Waals surface area contributed by atoms with Crippen molar-refractivity contribution < 1.29 is 0 Å². The number of nitrogens with zero attached hydrogens (tertiary/aromatic N) is 1. The van der Waals surface area contributed by atoms with E-state index in [9.17, 15) is 0 Å². The molecule has 3 nitrogen and oxygen atoms in total. The first kappa shape index (κ1) is 12.9. The minimum atomic E-state index is 0. The fraction of sp³-hybridized carbons (Fsp3) is 0.700. The van der Waals surface area contributed by atoms with E-state index in [2.05, 4.69) is 10.3 Å². The minimum Gasteiger partial charge on any atom is -0.326 e. The molecule has 86 valence electrons. The van der Waals surface area contributed by atoms with Crippen LogP contribution in [-0.2, 0) is 6.54 Å². The first-order valence-corrected chi connectivity index (χ1v) is 6.10. The molecular formula is C10H18ClN3S. The lowest BCUT2D eigenvalue weighted by Crippen LogP contribution is -2.46. The number of aromatic nitrogens is 1. The van der Waals surface area contributed by atoms with Crippen LogP contribution < -0.4 is 11.1 Å². The Labute approximate surface area is 101 Å². The Kier molecular flexibility index (Phi) is 5.53. The zero-order valence-electron chi connectivity index (χ0n) is 8.69. The van der Waals surface area contributed by atoms with Gasteiger partial charge in [0, 0.05) is 29.7 Å². The van der Waals surface area contributed by atoms with Crippen LogP contribution in [0.4, 0.5) is 0 Å². The molecule has 1 aromatic rings. The second-order valence-corrected chi connectivity index (χ2v) is 4.87.